The number of carbonyl (C=O) groups is 2. The van der Waals surface area contributed by atoms with E-state index < -0.39 is 0 Å². The van der Waals surface area contributed by atoms with Crippen LogP contribution in [0.4, 0.5) is 4.79 Å². The van der Waals surface area contributed by atoms with Crippen molar-refractivity contribution < 1.29 is 9.59 Å². The third-order valence-corrected chi connectivity index (χ3v) is 6.85. The van der Waals surface area contributed by atoms with Crippen LogP contribution in [0, 0.1) is 5.92 Å². The van der Waals surface area contributed by atoms with Crippen molar-refractivity contribution in [2.75, 3.05) is 26.2 Å². The second-order valence-corrected chi connectivity index (χ2v) is 8.75. The van der Waals surface area contributed by atoms with Crippen LogP contribution in [0.25, 0.3) is 11.1 Å². The maximum Gasteiger partial charge on any atom is 0.319 e. The Morgan fingerprint density at radius 2 is 1.17 bits per heavy atom. The van der Waals surface area contributed by atoms with Gasteiger partial charge in [-0.05, 0) is 47.9 Å². The maximum absolute atomic E-state index is 13.5. The third-order valence-electron chi connectivity index (χ3n) is 6.85. The minimum atomic E-state index is 0.00468. The molecular formula is C25H29N3O2. The quantitative estimate of drug-likeness (QED) is 0.719. The van der Waals surface area contributed by atoms with Crippen molar-refractivity contribution in [1.29, 1.82) is 0 Å². The summed E-state index contributed by atoms with van der Waals surface area (Å²) in [5.41, 5.74) is 4.87. The Kier molecular flexibility index (Phi) is 5.19. The zero-order valence-corrected chi connectivity index (χ0v) is 17.4. The fourth-order valence-electron chi connectivity index (χ4n) is 5.15. The molecule has 3 aliphatic heterocycles. The summed E-state index contributed by atoms with van der Waals surface area (Å²) in [5.74, 6) is 0.236. The summed E-state index contributed by atoms with van der Waals surface area (Å²) in [6.45, 7) is 4.43. The molecule has 0 saturated carbocycles. The summed E-state index contributed by atoms with van der Waals surface area (Å²) in [4.78, 5) is 32.1. The molecular weight excluding hydrogens is 374 g/mol. The highest BCUT2D eigenvalue weighted by Crippen LogP contribution is 2.33. The van der Waals surface area contributed by atoms with Crippen molar-refractivity contribution in [3.05, 3.63) is 59.7 Å². The van der Waals surface area contributed by atoms with Gasteiger partial charge in [0, 0.05) is 45.2 Å². The van der Waals surface area contributed by atoms with Gasteiger partial charge in [0.05, 0.1) is 0 Å². The molecule has 5 nitrogen and oxygen atoms in total. The van der Waals surface area contributed by atoms with Crippen LogP contribution < -0.4 is 0 Å². The highest BCUT2D eigenvalue weighted by molar-refractivity contribution is 5.82. The van der Waals surface area contributed by atoms with Crippen molar-refractivity contribution in [3.8, 4) is 11.1 Å². The van der Waals surface area contributed by atoms with Gasteiger partial charge in [0.15, 0.2) is 0 Å². The van der Waals surface area contributed by atoms with Crippen LogP contribution in [0.5, 0.6) is 0 Å². The highest BCUT2D eigenvalue weighted by Gasteiger charge is 2.33. The van der Waals surface area contributed by atoms with Gasteiger partial charge >= 0.3 is 6.03 Å². The lowest BCUT2D eigenvalue weighted by atomic mass is 9.95. The van der Waals surface area contributed by atoms with E-state index in [1.54, 1.807) is 0 Å². The summed E-state index contributed by atoms with van der Waals surface area (Å²) in [6.07, 6.45) is 3.74. The van der Waals surface area contributed by atoms with Crippen LogP contribution in [-0.2, 0) is 17.9 Å². The van der Waals surface area contributed by atoms with E-state index in [2.05, 4.69) is 48.5 Å². The first kappa shape index (κ1) is 19.2. The Labute approximate surface area is 178 Å². The largest absolute Gasteiger partial charge is 0.334 e. The summed E-state index contributed by atoms with van der Waals surface area (Å²) >= 11 is 0. The Balaban J connectivity index is 1.30. The van der Waals surface area contributed by atoms with E-state index in [4.69, 9.17) is 0 Å². The van der Waals surface area contributed by atoms with E-state index >= 15 is 0 Å². The molecule has 0 atom stereocenters. The smallest absolute Gasteiger partial charge is 0.319 e. The summed E-state index contributed by atoms with van der Waals surface area (Å²) in [7, 11) is 0. The minimum absolute atomic E-state index is 0.00468. The zero-order chi connectivity index (χ0) is 20.5. The van der Waals surface area contributed by atoms with Crippen LogP contribution in [0.2, 0.25) is 0 Å². The molecule has 0 aromatic heterocycles. The van der Waals surface area contributed by atoms with Gasteiger partial charge in [-0.1, -0.05) is 48.5 Å². The first-order valence-electron chi connectivity index (χ1n) is 11.2. The van der Waals surface area contributed by atoms with Crippen molar-refractivity contribution >= 4 is 11.9 Å². The average molecular weight is 404 g/mol. The molecule has 2 aromatic rings. The summed E-state index contributed by atoms with van der Waals surface area (Å²) < 4.78 is 0. The molecule has 30 heavy (non-hydrogen) atoms. The maximum atomic E-state index is 13.5. The summed E-state index contributed by atoms with van der Waals surface area (Å²) in [5, 5.41) is 0. The van der Waals surface area contributed by atoms with Gasteiger partial charge < -0.3 is 14.7 Å². The SMILES string of the molecule is O=C(C1CCN(C(=O)N2CCCC2)CC1)N1Cc2ccccc2-c2ccccc2C1. The lowest BCUT2D eigenvalue weighted by Crippen LogP contribution is -2.48. The van der Waals surface area contributed by atoms with Gasteiger partial charge in [-0.15, -0.1) is 0 Å². The Morgan fingerprint density at radius 1 is 0.667 bits per heavy atom. The fourth-order valence-corrected chi connectivity index (χ4v) is 5.15. The number of rotatable bonds is 1. The summed E-state index contributed by atoms with van der Waals surface area (Å²) in [6, 6.07) is 17.0. The molecule has 5 heteroatoms. The van der Waals surface area contributed by atoms with Gasteiger partial charge in [-0.3, -0.25) is 4.79 Å². The molecule has 0 bridgehead atoms. The lowest BCUT2D eigenvalue weighted by molar-refractivity contribution is -0.138. The van der Waals surface area contributed by atoms with Crippen molar-refractivity contribution in [1.82, 2.24) is 14.7 Å². The van der Waals surface area contributed by atoms with Crippen LogP contribution in [0.15, 0.2) is 48.5 Å². The molecule has 0 N–H and O–H groups in total. The first-order chi connectivity index (χ1) is 14.7. The first-order valence-corrected chi connectivity index (χ1v) is 11.2. The molecule has 0 unspecified atom stereocenters. The van der Waals surface area contributed by atoms with Gasteiger partial charge in [-0.25, -0.2) is 4.79 Å². The predicted octanol–water partition coefficient (Wildman–Crippen LogP) is 4.12. The molecule has 2 saturated heterocycles. The van der Waals surface area contributed by atoms with Gasteiger partial charge in [-0.2, -0.15) is 0 Å². The Bertz CT molecular complexity index is 895. The predicted molar refractivity (Wildman–Crippen MR) is 117 cm³/mol. The molecule has 0 aliphatic carbocycles. The van der Waals surface area contributed by atoms with E-state index in [1.165, 1.54) is 22.3 Å². The number of amides is 3. The van der Waals surface area contributed by atoms with E-state index in [0.717, 1.165) is 38.8 Å². The topological polar surface area (TPSA) is 43.9 Å². The van der Waals surface area contributed by atoms with Crippen LogP contribution in [0.1, 0.15) is 36.8 Å². The molecule has 156 valence electrons. The monoisotopic (exact) mass is 403 g/mol. The standard InChI is InChI=1S/C25H29N3O2/c29-24(19-11-15-27(16-12-19)25(30)26-13-5-6-14-26)28-17-20-7-1-3-9-22(20)23-10-4-2-8-21(23)18-28/h1-4,7-10,19H,5-6,11-18H2. The molecule has 5 rings (SSSR count). The van der Waals surface area contributed by atoms with Gasteiger partial charge in [0.25, 0.3) is 0 Å². The molecule has 0 radical (unpaired) electrons. The number of piperidine rings is 1. The number of likely N-dealkylation sites (tertiary alicyclic amines) is 2. The molecule has 3 heterocycles. The Morgan fingerprint density at radius 3 is 1.73 bits per heavy atom. The molecule has 3 aliphatic rings. The highest BCUT2D eigenvalue weighted by atomic mass is 16.2. The zero-order valence-electron chi connectivity index (χ0n) is 17.4. The van der Waals surface area contributed by atoms with E-state index in [0.29, 0.717) is 26.2 Å². The van der Waals surface area contributed by atoms with Crippen LogP contribution >= 0.6 is 0 Å². The number of urea groups is 1. The van der Waals surface area contributed by atoms with E-state index in [1.807, 2.05) is 14.7 Å². The second-order valence-electron chi connectivity index (χ2n) is 8.75. The number of hydrogen-bond donors (Lipinski definition) is 0. The molecule has 3 amide bonds. The van der Waals surface area contributed by atoms with Crippen molar-refractivity contribution in [2.45, 2.75) is 38.8 Å². The van der Waals surface area contributed by atoms with Crippen molar-refractivity contribution in [3.63, 3.8) is 0 Å². The molecule has 0 spiro atoms. The van der Waals surface area contributed by atoms with Crippen molar-refractivity contribution in [2.24, 2.45) is 5.92 Å². The number of carbonyl (C=O) groups excluding carboxylic acids is 2. The van der Waals surface area contributed by atoms with Gasteiger partial charge in [0.1, 0.15) is 0 Å². The number of benzene rings is 2. The average Bonchev–Trinajstić information content (AvgIpc) is 3.28. The normalized spacial score (nSPS) is 19.3. The molecule has 2 fully saturated rings. The number of nitrogens with zero attached hydrogens (tertiary/aromatic N) is 3. The van der Waals surface area contributed by atoms with Crippen LogP contribution in [-0.4, -0.2) is 52.8 Å². The minimum Gasteiger partial charge on any atom is -0.334 e. The van der Waals surface area contributed by atoms with Crippen LogP contribution in [0.3, 0.4) is 0 Å². The fraction of sp³-hybridized carbons (Fsp3) is 0.440. The molecule has 2 aromatic carbocycles. The number of hydrogen-bond acceptors (Lipinski definition) is 2. The van der Waals surface area contributed by atoms with Gasteiger partial charge in [0.2, 0.25) is 5.91 Å². The lowest BCUT2D eigenvalue weighted by Gasteiger charge is -2.36. The third kappa shape index (κ3) is 3.57. The second kappa shape index (κ2) is 8.13. The van der Waals surface area contributed by atoms with E-state index in [9.17, 15) is 9.59 Å². The van der Waals surface area contributed by atoms with E-state index in [-0.39, 0.29) is 17.9 Å². The Hall–Kier alpha value is -2.82. The number of fused-ring (bicyclic) bond motifs is 3.